The molecule has 0 radical (unpaired) electrons. The molecule has 0 aliphatic rings. The Morgan fingerprint density at radius 3 is 2.00 bits per heavy atom. The van der Waals surface area contributed by atoms with Crippen LogP contribution in [0.3, 0.4) is 0 Å². The lowest BCUT2D eigenvalue weighted by atomic mass is 10.2. The van der Waals surface area contributed by atoms with E-state index in [0.29, 0.717) is 6.42 Å². The van der Waals surface area contributed by atoms with E-state index in [-0.39, 0.29) is 5.97 Å². The summed E-state index contributed by atoms with van der Waals surface area (Å²) in [6, 6.07) is 0. The maximum absolute atomic E-state index is 11.5. The van der Waals surface area contributed by atoms with Gasteiger partial charge in [-0.05, 0) is 6.42 Å². The largest absolute Gasteiger partial charge is 0.750 e. The van der Waals surface area contributed by atoms with E-state index in [9.17, 15) is 4.79 Å². The summed E-state index contributed by atoms with van der Waals surface area (Å²) in [4.78, 5) is 11.5. The van der Waals surface area contributed by atoms with Gasteiger partial charge in [0.25, 0.3) is 5.97 Å². The summed E-state index contributed by atoms with van der Waals surface area (Å²) in [6.07, 6.45) is 4.52. The van der Waals surface area contributed by atoms with Crippen LogP contribution in [0.5, 0.6) is 0 Å². The van der Waals surface area contributed by atoms with Crippen LogP contribution in [-0.4, -0.2) is 36.3 Å². The maximum atomic E-state index is 11.5. The fourth-order valence-electron chi connectivity index (χ4n) is 1.26. The van der Waals surface area contributed by atoms with Crippen LogP contribution < -0.4 is 0 Å². The second-order valence-corrected chi connectivity index (χ2v) is 5.83. The maximum Gasteiger partial charge on any atom is 0.750 e. The Labute approximate surface area is 98.5 Å². The molecule has 0 atom stereocenters. The number of carbonyl (C=O) groups is 1. The average molecular weight is 250 g/mol. The highest BCUT2D eigenvalue weighted by Crippen LogP contribution is 2.11. The molecule has 0 aromatic carbocycles. The Kier molecular flexibility index (Phi) is 8.45. The van der Waals surface area contributed by atoms with Crippen molar-refractivity contribution in [2.75, 3.05) is 21.3 Å². The first-order chi connectivity index (χ1) is 7.64. The van der Waals surface area contributed by atoms with Crippen LogP contribution in [0.25, 0.3) is 0 Å². The normalized spacial score (nSPS) is 11.5. The zero-order valence-electron chi connectivity index (χ0n) is 10.6. The lowest BCUT2D eigenvalue weighted by Gasteiger charge is -2.22. The van der Waals surface area contributed by atoms with Crippen molar-refractivity contribution in [2.45, 2.75) is 39.0 Å². The average Bonchev–Trinajstić information content (AvgIpc) is 2.32. The Morgan fingerprint density at radius 1 is 1.00 bits per heavy atom. The van der Waals surface area contributed by atoms with Crippen LogP contribution in [0.1, 0.15) is 39.0 Å². The van der Waals surface area contributed by atoms with Gasteiger partial charge in [-0.1, -0.05) is 26.2 Å². The second-order valence-electron chi connectivity index (χ2n) is 3.40. The fourth-order valence-corrected chi connectivity index (χ4v) is 2.39. The third kappa shape index (κ3) is 5.60. The molecular formula is C10H22O5Si. The Bertz CT molecular complexity index is 185. The molecule has 6 heteroatoms. The monoisotopic (exact) mass is 250 g/mol. The van der Waals surface area contributed by atoms with Gasteiger partial charge in [0.15, 0.2) is 0 Å². The molecule has 0 N–H and O–H groups in total. The van der Waals surface area contributed by atoms with Gasteiger partial charge < -0.3 is 17.7 Å². The molecule has 0 bridgehead atoms. The topological polar surface area (TPSA) is 54.0 Å². The van der Waals surface area contributed by atoms with Gasteiger partial charge >= 0.3 is 9.05 Å². The number of unbranched alkanes of at least 4 members (excludes halogenated alkanes) is 3. The van der Waals surface area contributed by atoms with Crippen LogP contribution in [0.4, 0.5) is 0 Å². The summed E-state index contributed by atoms with van der Waals surface area (Å²) in [5.74, 6) is -0.326. The number of rotatable bonds is 9. The molecule has 0 aliphatic carbocycles. The van der Waals surface area contributed by atoms with E-state index in [0.717, 1.165) is 25.7 Å². The van der Waals surface area contributed by atoms with Gasteiger partial charge in [0, 0.05) is 27.8 Å². The van der Waals surface area contributed by atoms with Crippen LogP contribution >= 0.6 is 0 Å². The molecule has 0 aromatic rings. The molecule has 16 heavy (non-hydrogen) atoms. The number of hydrogen-bond donors (Lipinski definition) is 0. The van der Waals surface area contributed by atoms with E-state index >= 15 is 0 Å². The molecule has 0 rings (SSSR count). The van der Waals surface area contributed by atoms with Crippen molar-refractivity contribution in [3.05, 3.63) is 0 Å². The summed E-state index contributed by atoms with van der Waals surface area (Å²) in [5, 5.41) is 0. The molecule has 0 heterocycles. The summed E-state index contributed by atoms with van der Waals surface area (Å²) >= 11 is 0. The van der Waals surface area contributed by atoms with Gasteiger partial charge in [0.05, 0.1) is 0 Å². The highest BCUT2D eigenvalue weighted by atomic mass is 28.4. The van der Waals surface area contributed by atoms with Crippen LogP contribution in [-0.2, 0) is 22.5 Å². The molecule has 0 spiro atoms. The highest BCUT2D eigenvalue weighted by molar-refractivity contribution is 6.55. The third-order valence-corrected chi connectivity index (χ3v) is 4.20. The molecule has 0 fully saturated rings. The quantitative estimate of drug-likeness (QED) is 0.462. The van der Waals surface area contributed by atoms with Crippen molar-refractivity contribution < 1.29 is 22.5 Å². The van der Waals surface area contributed by atoms with E-state index in [1.165, 1.54) is 21.3 Å². The molecule has 0 aromatic heterocycles. The van der Waals surface area contributed by atoms with E-state index in [4.69, 9.17) is 17.7 Å². The predicted molar refractivity (Wildman–Crippen MR) is 61.6 cm³/mol. The zero-order chi connectivity index (χ0) is 12.4. The Balaban J connectivity index is 3.91. The minimum atomic E-state index is -3.20. The Morgan fingerprint density at radius 2 is 1.56 bits per heavy atom. The smallest absolute Gasteiger partial charge is 0.452 e. The summed E-state index contributed by atoms with van der Waals surface area (Å²) in [6.45, 7) is 2.12. The molecule has 0 saturated carbocycles. The predicted octanol–water partition coefficient (Wildman–Crippen LogP) is 1.87. The molecule has 5 nitrogen and oxygen atoms in total. The van der Waals surface area contributed by atoms with Crippen molar-refractivity contribution in [3.8, 4) is 0 Å². The van der Waals surface area contributed by atoms with Crippen molar-refractivity contribution in [2.24, 2.45) is 0 Å². The molecule has 0 amide bonds. The first kappa shape index (κ1) is 15.6. The molecular weight excluding hydrogens is 228 g/mol. The van der Waals surface area contributed by atoms with Crippen LogP contribution in [0.2, 0.25) is 0 Å². The van der Waals surface area contributed by atoms with Crippen LogP contribution in [0.15, 0.2) is 0 Å². The summed E-state index contributed by atoms with van der Waals surface area (Å²) < 4.78 is 20.1. The second kappa shape index (κ2) is 8.69. The van der Waals surface area contributed by atoms with E-state index in [1.807, 2.05) is 0 Å². The SMILES string of the molecule is CCCCCCC(=O)O[Si](OC)(OC)OC. The minimum absolute atomic E-state index is 0.326. The van der Waals surface area contributed by atoms with Gasteiger partial charge in [-0.25, -0.2) is 0 Å². The lowest BCUT2D eigenvalue weighted by molar-refractivity contribution is -0.143. The van der Waals surface area contributed by atoms with Gasteiger partial charge in [0.1, 0.15) is 0 Å². The molecule has 96 valence electrons. The third-order valence-electron chi connectivity index (χ3n) is 2.22. The highest BCUT2D eigenvalue weighted by Gasteiger charge is 2.46. The molecule has 0 unspecified atom stereocenters. The number of carbonyl (C=O) groups excluding carboxylic acids is 1. The lowest BCUT2D eigenvalue weighted by Crippen LogP contribution is -2.48. The fraction of sp³-hybridized carbons (Fsp3) is 0.900. The Hall–Kier alpha value is -0.433. The first-order valence-electron chi connectivity index (χ1n) is 5.51. The van der Waals surface area contributed by atoms with E-state index in [2.05, 4.69) is 6.92 Å². The van der Waals surface area contributed by atoms with Gasteiger partial charge in [-0.2, -0.15) is 0 Å². The van der Waals surface area contributed by atoms with Gasteiger partial charge in [0.2, 0.25) is 0 Å². The molecule has 0 saturated heterocycles. The van der Waals surface area contributed by atoms with Crippen molar-refractivity contribution in [3.63, 3.8) is 0 Å². The first-order valence-corrected chi connectivity index (χ1v) is 7.14. The summed E-state index contributed by atoms with van der Waals surface area (Å²) in [7, 11) is 1.02. The summed E-state index contributed by atoms with van der Waals surface area (Å²) in [5.41, 5.74) is 0. The van der Waals surface area contributed by atoms with Crippen LogP contribution in [0, 0.1) is 0 Å². The van der Waals surface area contributed by atoms with Crippen molar-refractivity contribution >= 4 is 15.0 Å². The standard InChI is InChI=1S/C10H22O5Si/c1-5-6-7-8-9-10(11)15-16(12-2,13-3)14-4/h5-9H2,1-4H3. The van der Waals surface area contributed by atoms with Crippen molar-refractivity contribution in [1.29, 1.82) is 0 Å². The van der Waals surface area contributed by atoms with Crippen molar-refractivity contribution in [1.82, 2.24) is 0 Å². The molecule has 0 aliphatic heterocycles. The zero-order valence-corrected chi connectivity index (χ0v) is 11.6. The van der Waals surface area contributed by atoms with E-state index < -0.39 is 9.05 Å². The minimum Gasteiger partial charge on any atom is -0.452 e. The van der Waals surface area contributed by atoms with Gasteiger partial charge in [-0.15, -0.1) is 0 Å². The number of hydrogen-bond acceptors (Lipinski definition) is 5. The van der Waals surface area contributed by atoms with E-state index in [1.54, 1.807) is 0 Å². The van der Waals surface area contributed by atoms with Gasteiger partial charge in [-0.3, -0.25) is 4.79 Å².